The van der Waals surface area contributed by atoms with Crippen molar-refractivity contribution in [3.63, 3.8) is 0 Å². The minimum Gasteiger partial charge on any atom is -0.369 e. The molecule has 1 aliphatic rings. The Labute approximate surface area is 181 Å². The number of nitrogens with zero attached hydrogens (tertiary/aromatic N) is 5. The standard InChI is InChI=1S/C22H26N6OS/c1-26-17-23-25-22(26)30-16-21(29)24-19-7-9-20(10-8-19)28-13-11-27(12-14-28)15-18-5-3-2-4-6-18/h2-10,17H,11-16H2,1H3,(H,24,29). The molecule has 0 aliphatic carbocycles. The van der Waals surface area contributed by atoms with E-state index in [1.54, 1.807) is 10.9 Å². The topological polar surface area (TPSA) is 66.3 Å². The molecular formula is C22H26N6OS. The van der Waals surface area contributed by atoms with Gasteiger partial charge in [-0.25, -0.2) is 0 Å². The lowest BCUT2D eigenvalue weighted by Gasteiger charge is -2.36. The number of benzene rings is 2. The van der Waals surface area contributed by atoms with Gasteiger partial charge in [0.1, 0.15) is 6.33 Å². The second-order valence-corrected chi connectivity index (χ2v) is 8.30. The first-order chi connectivity index (χ1) is 14.7. The Morgan fingerprint density at radius 1 is 1.03 bits per heavy atom. The van der Waals surface area contributed by atoms with Crippen LogP contribution in [0.1, 0.15) is 5.56 Å². The summed E-state index contributed by atoms with van der Waals surface area (Å²) in [4.78, 5) is 17.1. The molecule has 7 nitrogen and oxygen atoms in total. The molecule has 1 saturated heterocycles. The Morgan fingerprint density at radius 3 is 2.43 bits per heavy atom. The predicted molar refractivity (Wildman–Crippen MR) is 121 cm³/mol. The van der Waals surface area contributed by atoms with Crippen molar-refractivity contribution >= 4 is 29.0 Å². The van der Waals surface area contributed by atoms with Crippen LogP contribution in [0, 0.1) is 0 Å². The smallest absolute Gasteiger partial charge is 0.234 e. The van der Waals surface area contributed by atoms with E-state index in [2.05, 4.69) is 67.8 Å². The van der Waals surface area contributed by atoms with Crippen LogP contribution in [-0.2, 0) is 18.4 Å². The number of amides is 1. The van der Waals surface area contributed by atoms with E-state index in [1.807, 2.05) is 19.2 Å². The summed E-state index contributed by atoms with van der Waals surface area (Å²) >= 11 is 1.37. The Balaban J connectivity index is 1.23. The first kappa shape index (κ1) is 20.4. The molecule has 1 N–H and O–H groups in total. The summed E-state index contributed by atoms with van der Waals surface area (Å²) < 4.78 is 1.80. The maximum Gasteiger partial charge on any atom is 0.234 e. The fourth-order valence-corrected chi connectivity index (χ4v) is 4.18. The van der Waals surface area contributed by atoms with E-state index in [9.17, 15) is 4.79 Å². The summed E-state index contributed by atoms with van der Waals surface area (Å²) in [6.45, 7) is 5.12. The highest BCUT2D eigenvalue weighted by atomic mass is 32.2. The molecule has 0 atom stereocenters. The van der Waals surface area contributed by atoms with E-state index in [-0.39, 0.29) is 5.91 Å². The van der Waals surface area contributed by atoms with Crippen LogP contribution in [0.25, 0.3) is 0 Å². The van der Waals surface area contributed by atoms with Gasteiger partial charge in [0.25, 0.3) is 0 Å². The molecule has 1 amide bonds. The van der Waals surface area contributed by atoms with Crippen molar-refractivity contribution < 1.29 is 4.79 Å². The second-order valence-electron chi connectivity index (χ2n) is 7.36. The molecule has 0 bridgehead atoms. The zero-order valence-electron chi connectivity index (χ0n) is 17.1. The first-order valence-corrected chi connectivity index (χ1v) is 11.0. The van der Waals surface area contributed by atoms with E-state index >= 15 is 0 Å². The van der Waals surface area contributed by atoms with E-state index in [1.165, 1.54) is 23.0 Å². The highest BCUT2D eigenvalue weighted by Crippen LogP contribution is 2.21. The van der Waals surface area contributed by atoms with Gasteiger partial charge in [0.15, 0.2) is 5.16 Å². The third-order valence-electron chi connectivity index (χ3n) is 5.14. The normalized spacial score (nSPS) is 14.6. The number of nitrogens with one attached hydrogen (secondary N) is 1. The number of aromatic nitrogens is 3. The summed E-state index contributed by atoms with van der Waals surface area (Å²) in [7, 11) is 1.86. The van der Waals surface area contributed by atoms with Crippen molar-refractivity contribution in [2.75, 3.05) is 42.1 Å². The second kappa shape index (κ2) is 9.77. The average Bonchev–Trinajstić information content (AvgIpc) is 3.19. The Bertz CT molecular complexity index is 951. The number of hydrogen-bond acceptors (Lipinski definition) is 6. The molecule has 4 rings (SSSR count). The van der Waals surface area contributed by atoms with Crippen LogP contribution < -0.4 is 10.2 Å². The monoisotopic (exact) mass is 422 g/mol. The number of carbonyl (C=O) groups is 1. The zero-order chi connectivity index (χ0) is 20.8. The fraction of sp³-hybridized carbons (Fsp3) is 0.318. The Morgan fingerprint density at radius 2 is 1.77 bits per heavy atom. The van der Waals surface area contributed by atoms with E-state index < -0.39 is 0 Å². The van der Waals surface area contributed by atoms with Crippen LogP contribution >= 0.6 is 11.8 Å². The van der Waals surface area contributed by atoms with Crippen LogP contribution in [0.2, 0.25) is 0 Å². The molecule has 0 unspecified atom stereocenters. The fourth-order valence-electron chi connectivity index (χ4n) is 3.49. The minimum absolute atomic E-state index is 0.0507. The van der Waals surface area contributed by atoms with Crippen LogP contribution in [0.4, 0.5) is 11.4 Å². The van der Waals surface area contributed by atoms with Gasteiger partial charge in [-0.2, -0.15) is 0 Å². The third kappa shape index (κ3) is 5.40. The number of rotatable bonds is 7. The van der Waals surface area contributed by atoms with E-state index in [4.69, 9.17) is 0 Å². The van der Waals surface area contributed by atoms with Gasteiger partial charge in [0.05, 0.1) is 5.75 Å². The zero-order valence-corrected chi connectivity index (χ0v) is 17.9. The number of thioether (sulfide) groups is 1. The number of piperazine rings is 1. The number of aryl methyl sites for hydroxylation is 1. The van der Waals surface area contributed by atoms with Crippen molar-refractivity contribution in [2.24, 2.45) is 7.05 Å². The number of hydrogen-bond donors (Lipinski definition) is 1. The van der Waals surface area contributed by atoms with E-state index in [0.29, 0.717) is 5.75 Å². The molecule has 3 aromatic rings. The summed E-state index contributed by atoms with van der Waals surface area (Å²) in [6, 6.07) is 18.7. The SMILES string of the molecule is Cn1cnnc1SCC(=O)Nc1ccc(N2CCN(Cc3ccccc3)CC2)cc1. The van der Waals surface area contributed by atoms with Gasteiger partial charge < -0.3 is 14.8 Å². The number of anilines is 2. The highest BCUT2D eigenvalue weighted by Gasteiger charge is 2.17. The van der Waals surface area contributed by atoms with Gasteiger partial charge in [-0.15, -0.1) is 10.2 Å². The molecule has 1 aromatic heterocycles. The van der Waals surface area contributed by atoms with Gasteiger partial charge in [-0.05, 0) is 29.8 Å². The molecule has 0 radical (unpaired) electrons. The largest absolute Gasteiger partial charge is 0.369 e. The van der Waals surface area contributed by atoms with Gasteiger partial charge >= 0.3 is 0 Å². The molecule has 2 aromatic carbocycles. The molecule has 1 aliphatic heterocycles. The quantitative estimate of drug-likeness (QED) is 0.591. The lowest BCUT2D eigenvalue weighted by Crippen LogP contribution is -2.45. The summed E-state index contributed by atoms with van der Waals surface area (Å²) in [5.74, 6) is 0.253. The van der Waals surface area contributed by atoms with Gasteiger partial charge in [0.2, 0.25) is 5.91 Å². The Hall–Kier alpha value is -2.84. The van der Waals surface area contributed by atoms with E-state index in [0.717, 1.165) is 43.6 Å². The Kier molecular flexibility index (Phi) is 6.66. The van der Waals surface area contributed by atoms with Crippen LogP contribution in [-0.4, -0.2) is 57.5 Å². The predicted octanol–water partition coefficient (Wildman–Crippen LogP) is 2.87. The van der Waals surface area contributed by atoms with Crippen molar-refractivity contribution in [1.29, 1.82) is 0 Å². The summed E-state index contributed by atoms with van der Waals surface area (Å²) in [5, 5.41) is 11.5. The van der Waals surface area contributed by atoms with Gasteiger partial charge in [0, 0.05) is 51.1 Å². The minimum atomic E-state index is -0.0507. The molecule has 0 spiro atoms. The van der Waals surface area contributed by atoms with Crippen molar-refractivity contribution in [3.05, 3.63) is 66.5 Å². The van der Waals surface area contributed by atoms with Crippen molar-refractivity contribution in [1.82, 2.24) is 19.7 Å². The summed E-state index contributed by atoms with van der Waals surface area (Å²) in [5.41, 5.74) is 3.37. The molecule has 30 heavy (non-hydrogen) atoms. The van der Waals surface area contributed by atoms with Crippen molar-refractivity contribution in [3.8, 4) is 0 Å². The molecule has 1 fully saturated rings. The maximum absolute atomic E-state index is 12.2. The van der Waals surface area contributed by atoms with Crippen LogP contribution in [0.15, 0.2) is 66.1 Å². The lowest BCUT2D eigenvalue weighted by molar-refractivity contribution is -0.113. The molecule has 0 saturated carbocycles. The third-order valence-corrected chi connectivity index (χ3v) is 6.17. The van der Waals surface area contributed by atoms with Crippen molar-refractivity contribution in [2.45, 2.75) is 11.7 Å². The lowest BCUT2D eigenvalue weighted by atomic mass is 10.2. The molecule has 156 valence electrons. The van der Waals surface area contributed by atoms with Crippen LogP contribution in [0.3, 0.4) is 0 Å². The molecular weight excluding hydrogens is 396 g/mol. The molecule has 2 heterocycles. The molecule has 8 heteroatoms. The first-order valence-electron chi connectivity index (χ1n) is 10.1. The van der Waals surface area contributed by atoms with Crippen LogP contribution in [0.5, 0.6) is 0 Å². The number of carbonyl (C=O) groups excluding carboxylic acids is 1. The average molecular weight is 423 g/mol. The highest BCUT2D eigenvalue weighted by molar-refractivity contribution is 7.99. The summed E-state index contributed by atoms with van der Waals surface area (Å²) in [6.07, 6.45) is 1.63. The maximum atomic E-state index is 12.2. The van der Waals surface area contributed by atoms with Gasteiger partial charge in [-0.1, -0.05) is 42.1 Å². The van der Waals surface area contributed by atoms with Gasteiger partial charge in [-0.3, -0.25) is 9.69 Å².